The molecule has 0 aromatic carbocycles. The van der Waals surface area contributed by atoms with Crippen LogP contribution in [0.4, 0.5) is 5.82 Å². The topological polar surface area (TPSA) is 28.2 Å². The van der Waals surface area contributed by atoms with Gasteiger partial charge in [-0.05, 0) is 31.1 Å². The average Bonchev–Trinajstić information content (AvgIpc) is 2.29. The third kappa shape index (κ3) is 3.88. The van der Waals surface area contributed by atoms with Crippen LogP contribution in [0.2, 0.25) is 0 Å². The van der Waals surface area contributed by atoms with E-state index in [1.807, 2.05) is 19.3 Å². The third-order valence-electron chi connectivity index (χ3n) is 2.47. The van der Waals surface area contributed by atoms with Crippen LogP contribution in [0.25, 0.3) is 0 Å². The van der Waals surface area contributed by atoms with Crippen molar-refractivity contribution in [3.05, 3.63) is 23.9 Å². The Morgan fingerprint density at radius 2 is 2.13 bits per heavy atom. The number of nitrogens with one attached hydrogen (secondary N) is 1. The van der Waals surface area contributed by atoms with Gasteiger partial charge in [0, 0.05) is 19.8 Å². The molecule has 0 unspecified atom stereocenters. The fraction of sp³-hybridized carbons (Fsp3) is 0.583. The first-order valence-electron chi connectivity index (χ1n) is 5.65. The second-order valence-corrected chi connectivity index (χ2v) is 3.67. The van der Waals surface area contributed by atoms with Crippen LogP contribution in [0.5, 0.6) is 0 Å². The molecule has 1 aromatic heterocycles. The highest BCUT2D eigenvalue weighted by atomic mass is 15.1. The lowest BCUT2D eigenvalue weighted by molar-refractivity contribution is 0.280. The van der Waals surface area contributed by atoms with Crippen LogP contribution in [-0.4, -0.2) is 30.0 Å². The van der Waals surface area contributed by atoms with Gasteiger partial charge in [-0.2, -0.15) is 0 Å². The van der Waals surface area contributed by atoms with Gasteiger partial charge in [0.1, 0.15) is 5.82 Å². The van der Waals surface area contributed by atoms with E-state index in [2.05, 4.69) is 35.1 Å². The van der Waals surface area contributed by atoms with E-state index in [4.69, 9.17) is 0 Å². The van der Waals surface area contributed by atoms with Crippen molar-refractivity contribution in [1.29, 1.82) is 0 Å². The fourth-order valence-corrected chi connectivity index (χ4v) is 1.59. The molecule has 0 fully saturated rings. The minimum atomic E-state index is 0.928. The monoisotopic (exact) mass is 207 g/mol. The zero-order valence-electron chi connectivity index (χ0n) is 9.95. The van der Waals surface area contributed by atoms with Crippen molar-refractivity contribution < 1.29 is 0 Å². The smallest absolute Gasteiger partial charge is 0.125 e. The maximum absolute atomic E-state index is 4.31. The minimum absolute atomic E-state index is 0.928. The van der Waals surface area contributed by atoms with E-state index in [-0.39, 0.29) is 0 Å². The number of hydrogen-bond acceptors (Lipinski definition) is 3. The second kappa shape index (κ2) is 6.40. The van der Waals surface area contributed by atoms with Crippen LogP contribution < -0.4 is 5.32 Å². The number of rotatable bonds is 6. The molecule has 1 aromatic rings. The van der Waals surface area contributed by atoms with E-state index in [1.54, 1.807) is 0 Å². The van der Waals surface area contributed by atoms with Crippen LogP contribution in [0.1, 0.15) is 25.8 Å². The summed E-state index contributed by atoms with van der Waals surface area (Å²) in [6.07, 6.45) is 3.15. The molecule has 1 heterocycles. The lowest BCUT2D eigenvalue weighted by Gasteiger charge is -2.19. The molecule has 3 nitrogen and oxygen atoms in total. The van der Waals surface area contributed by atoms with Crippen molar-refractivity contribution in [3.63, 3.8) is 0 Å². The third-order valence-corrected chi connectivity index (χ3v) is 2.47. The van der Waals surface area contributed by atoms with Crippen molar-refractivity contribution in [2.45, 2.75) is 26.8 Å². The Balaban J connectivity index is 2.55. The first-order chi connectivity index (χ1) is 7.30. The maximum Gasteiger partial charge on any atom is 0.125 e. The van der Waals surface area contributed by atoms with Gasteiger partial charge in [-0.3, -0.25) is 4.90 Å². The molecule has 0 aliphatic heterocycles. The summed E-state index contributed by atoms with van der Waals surface area (Å²) in [5, 5.41) is 3.02. The molecule has 1 rings (SSSR count). The van der Waals surface area contributed by atoms with E-state index in [0.29, 0.717) is 0 Å². The highest BCUT2D eigenvalue weighted by Gasteiger charge is 2.02. The van der Waals surface area contributed by atoms with E-state index in [9.17, 15) is 0 Å². The minimum Gasteiger partial charge on any atom is -0.373 e. The maximum atomic E-state index is 4.31. The molecule has 0 radical (unpaired) electrons. The number of aromatic nitrogens is 1. The molecule has 0 aliphatic rings. The summed E-state index contributed by atoms with van der Waals surface area (Å²) < 4.78 is 0. The molecule has 3 heteroatoms. The quantitative estimate of drug-likeness (QED) is 0.776. The van der Waals surface area contributed by atoms with Gasteiger partial charge in [0.2, 0.25) is 0 Å². The molecule has 1 N–H and O–H groups in total. The normalized spacial score (nSPS) is 10.7. The van der Waals surface area contributed by atoms with Gasteiger partial charge in [-0.15, -0.1) is 0 Å². The fourth-order valence-electron chi connectivity index (χ4n) is 1.59. The summed E-state index contributed by atoms with van der Waals surface area (Å²) in [5.74, 6) is 0.928. The van der Waals surface area contributed by atoms with Gasteiger partial charge in [0.05, 0.1) is 0 Å². The van der Waals surface area contributed by atoms with Crippen molar-refractivity contribution in [2.75, 3.05) is 25.5 Å². The van der Waals surface area contributed by atoms with Crippen LogP contribution in [0.15, 0.2) is 18.3 Å². The molecule has 0 saturated carbocycles. The molecule has 0 spiro atoms. The van der Waals surface area contributed by atoms with Gasteiger partial charge in [-0.25, -0.2) is 4.98 Å². The summed E-state index contributed by atoms with van der Waals surface area (Å²) in [6.45, 7) is 7.67. The number of pyridine rings is 1. The lowest BCUT2D eigenvalue weighted by Crippen LogP contribution is -2.23. The summed E-state index contributed by atoms with van der Waals surface area (Å²) in [6, 6.07) is 4.16. The summed E-state index contributed by atoms with van der Waals surface area (Å²) in [5.41, 5.74) is 1.28. The number of nitrogens with zero attached hydrogens (tertiary/aromatic N) is 2. The molecule has 0 saturated heterocycles. The van der Waals surface area contributed by atoms with Crippen LogP contribution in [0.3, 0.4) is 0 Å². The first kappa shape index (κ1) is 12.0. The van der Waals surface area contributed by atoms with Crippen molar-refractivity contribution in [2.24, 2.45) is 0 Å². The van der Waals surface area contributed by atoms with Gasteiger partial charge in [0.25, 0.3) is 0 Å². The molecule has 0 bridgehead atoms. The average molecular weight is 207 g/mol. The Morgan fingerprint density at radius 3 is 2.60 bits per heavy atom. The Labute approximate surface area is 92.5 Å². The van der Waals surface area contributed by atoms with E-state index in [1.165, 1.54) is 12.0 Å². The molecular weight excluding hydrogens is 186 g/mol. The van der Waals surface area contributed by atoms with Crippen molar-refractivity contribution in [1.82, 2.24) is 9.88 Å². The van der Waals surface area contributed by atoms with Crippen LogP contribution in [-0.2, 0) is 6.54 Å². The number of hydrogen-bond donors (Lipinski definition) is 1. The molecule has 0 atom stereocenters. The van der Waals surface area contributed by atoms with Crippen LogP contribution in [0, 0.1) is 0 Å². The molecule has 15 heavy (non-hydrogen) atoms. The zero-order valence-corrected chi connectivity index (χ0v) is 9.95. The largest absolute Gasteiger partial charge is 0.373 e. The second-order valence-electron chi connectivity index (χ2n) is 3.67. The molecule has 0 aliphatic carbocycles. The predicted octanol–water partition coefficient (Wildman–Crippen LogP) is 2.36. The molecule has 0 amide bonds. The Hall–Kier alpha value is -1.09. The highest BCUT2D eigenvalue weighted by Crippen LogP contribution is 2.07. The Morgan fingerprint density at radius 1 is 1.33 bits per heavy atom. The predicted molar refractivity (Wildman–Crippen MR) is 65.0 cm³/mol. The lowest BCUT2D eigenvalue weighted by atomic mass is 10.2. The molecule has 84 valence electrons. The zero-order chi connectivity index (χ0) is 11.1. The van der Waals surface area contributed by atoms with E-state index in [0.717, 1.165) is 25.5 Å². The first-order valence-corrected chi connectivity index (χ1v) is 5.65. The highest BCUT2D eigenvalue weighted by molar-refractivity contribution is 5.34. The van der Waals surface area contributed by atoms with Gasteiger partial charge in [0.15, 0.2) is 0 Å². The van der Waals surface area contributed by atoms with E-state index < -0.39 is 0 Å². The SMILES string of the molecule is CCCN(CC)Cc1ccc(NC)nc1. The van der Waals surface area contributed by atoms with Crippen LogP contribution >= 0.6 is 0 Å². The van der Waals surface area contributed by atoms with Crippen molar-refractivity contribution in [3.8, 4) is 0 Å². The van der Waals surface area contributed by atoms with Crippen molar-refractivity contribution >= 4 is 5.82 Å². The summed E-state index contributed by atoms with van der Waals surface area (Å²) in [7, 11) is 1.89. The number of anilines is 1. The molecular formula is C12H21N3. The van der Waals surface area contributed by atoms with E-state index >= 15 is 0 Å². The summed E-state index contributed by atoms with van der Waals surface area (Å²) >= 11 is 0. The Bertz CT molecular complexity index is 269. The standard InChI is InChI=1S/C12H21N3/c1-4-8-15(5-2)10-11-6-7-12(13-3)14-9-11/h6-7,9H,4-5,8,10H2,1-3H3,(H,13,14). The Kier molecular flexibility index (Phi) is 5.12. The van der Waals surface area contributed by atoms with Gasteiger partial charge in [-0.1, -0.05) is 19.9 Å². The van der Waals surface area contributed by atoms with Gasteiger partial charge >= 0.3 is 0 Å². The van der Waals surface area contributed by atoms with Gasteiger partial charge < -0.3 is 5.32 Å². The summed E-state index contributed by atoms with van der Waals surface area (Å²) in [4.78, 5) is 6.73.